The Hall–Kier alpha value is -1.68. The summed E-state index contributed by atoms with van der Waals surface area (Å²) in [7, 11) is 0. The van der Waals surface area contributed by atoms with E-state index in [1.807, 2.05) is 6.92 Å². The molecule has 0 radical (unpaired) electrons. The van der Waals surface area contributed by atoms with Gasteiger partial charge in [-0.3, -0.25) is 4.68 Å². The molecule has 1 heterocycles. The molecule has 0 saturated heterocycles. The van der Waals surface area contributed by atoms with Crippen molar-refractivity contribution in [3.05, 3.63) is 53.1 Å². The first-order chi connectivity index (χ1) is 8.11. The molecule has 90 valence electrons. The van der Waals surface area contributed by atoms with E-state index in [0.717, 1.165) is 12.1 Å². The summed E-state index contributed by atoms with van der Waals surface area (Å²) in [5.74, 6) is -0.259. The lowest BCUT2D eigenvalue weighted by Gasteiger charge is -2.09. The number of aliphatic hydroxyl groups is 1. The van der Waals surface area contributed by atoms with Crippen LogP contribution in [0.1, 0.15) is 29.7 Å². The van der Waals surface area contributed by atoms with E-state index in [2.05, 4.69) is 5.10 Å². The van der Waals surface area contributed by atoms with Gasteiger partial charge in [0.1, 0.15) is 11.9 Å². The van der Waals surface area contributed by atoms with Gasteiger partial charge in [0.2, 0.25) is 0 Å². The third kappa shape index (κ3) is 2.36. The Bertz CT molecular complexity index is 522. The molecule has 4 heteroatoms. The highest BCUT2D eigenvalue weighted by Gasteiger charge is 2.13. The van der Waals surface area contributed by atoms with Crippen LogP contribution in [0.3, 0.4) is 0 Å². The maximum absolute atomic E-state index is 13.1. The zero-order valence-corrected chi connectivity index (χ0v) is 9.89. The second-order valence-electron chi connectivity index (χ2n) is 4.04. The van der Waals surface area contributed by atoms with Crippen LogP contribution in [0.2, 0.25) is 0 Å². The number of nitrogens with zero attached hydrogens (tertiary/aromatic N) is 2. The lowest BCUT2D eigenvalue weighted by Crippen LogP contribution is -2.00. The van der Waals surface area contributed by atoms with Gasteiger partial charge >= 0.3 is 0 Å². The van der Waals surface area contributed by atoms with Crippen molar-refractivity contribution in [1.82, 2.24) is 9.78 Å². The van der Waals surface area contributed by atoms with Crippen LogP contribution in [0, 0.1) is 12.7 Å². The van der Waals surface area contributed by atoms with Crippen LogP contribution < -0.4 is 0 Å². The van der Waals surface area contributed by atoms with Crippen LogP contribution in [0.5, 0.6) is 0 Å². The monoisotopic (exact) mass is 234 g/mol. The molecule has 0 saturated carbocycles. The number of aliphatic hydroxyl groups excluding tert-OH is 1. The largest absolute Gasteiger partial charge is 0.384 e. The predicted molar refractivity (Wildman–Crippen MR) is 63.1 cm³/mol. The average Bonchev–Trinajstić information content (AvgIpc) is 2.80. The Kier molecular flexibility index (Phi) is 3.24. The molecule has 1 unspecified atom stereocenters. The minimum atomic E-state index is -0.755. The summed E-state index contributed by atoms with van der Waals surface area (Å²) in [6.07, 6.45) is 2.67. The Labute approximate surface area is 99.5 Å². The lowest BCUT2D eigenvalue weighted by molar-refractivity contribution is 0.220. The summed E-state index contributed by atoms with van der Waals surface area (Å²) in [6.45, 7) is 4.42. The normalized spacial score (nSPS) is 12.7. The molecular weight excluding hydrogens is 219 g/mol. The number of hydrogen-bond donors (Lipinski definition) is 1. The van der Waals surface area contributed by atoms with Gasteiger partial charge in [0.05, 0.1) is 6.20 Å². The highest BCUT2D eigenvalue weighted by Crippen LogP contribution is 2.23. The van der Waals surface area contributed by atoms with Crippen LogP contribution >= 0.6 is 0 Å². The third-order valence-electron chi connectivity index (χ3n) is 2.79. The number of aromatic nitrogens is 2. The molecule has 0 aliphatic carbocycles. The van der Waals surface area contributed by atoms with Gasteiger partial charge in [-0.15, -0.1) is 0 Å². The minimum absolute atomic E-state index is 0.259. The van der Waals surface area contributed by atoms with Gasteiger partial charge < -0.3 is 5.11 Å². The van der Waals surface area contributed by atoms with Gasteiger partial charge in [0.15, 0.2) is 0 Å². The van der Waals surface area contributed by atoms with E-state index < -0.39 is 6.10 Å². The highest BCUT2D eigenvalue weighted by atomic mass is 19.1. The summed E-state index contributed by atoms with van der Waals surface area (Å²) in [5.41, 5.74) is 1.93. The summed E-state index contributed by atoms with van der Waals surface area (Å²) in [6, 6.07) is 4.62. The van der Waals surface area contributed by atoms with Gasteiger partial charge in [-0.1, -0.05) is 12.1 Å². The van der Waals surface area contributed by atoms with Crippen molar-refractivity contribution in [1.29, 1.82) is 0 Å². The Morgan fingerprint density at radius 2 is 2.18 bits per heavy atom. The number of hydrogen-bond acceptors (Lipinski definition) is 2. The van der Waals surface area contributed by atoms with Crippen molar-refractivity contribution in [3.63, 3.8) is 0 Å². The van der Waals surface area contributed by atoms with Crippen LogP contribution in [0.15, 0.2) is 30.6 Å². The van der Waals surface area contributed by atoms with Gasteiger partial charge in [-0.2, -0.15) is 5.10 Å². The van der Waals surface area contributed by atoms with E-state index in [0.29, 0.717) is 11.1 Å². The fourth-order valence-electron chi connectivity index (χ4n) is 1.72. The second kappa shape index (κ2) is 4.67. The topological polar surface area (TPSA) is 38.0 Å². The van der Waals surface area contributed by atoms with E-state index in [4.69, 9.17) is 0 Å². The van der Waals surface area contributed by atoms with Crippen LogP contribution in [0.25, 0.3) is 0 Å². The van der Waals surface area contributed by atoms with E-state index >= 15 is 0 Å². The van der Waals surface area contributed by atoms with Gasteiger partial charge in [0.25, 0.3) is 0 Å². The van der Waals surface area contributed by atoms with Crippen molar-refractivity contribution >= 4 is 0 Å². The number of benzene rings is 1. The first-order valence-corrected chi connectivity index (χ1v) is 5.58. The summed E-state index contributed by atoms with van der Waals surface area (Å²) in [5, 5.41) is 14.2. The molecule has 0 amide bonds. The van der Waals surface area contributed by atoms with Crippen molar-refractivity contribution in [2.75, 3.05) is 0 Å². The van der Waals surface area contributed by atoms with E-state index in [-0.39, 0.29) is 5.82 Å². The Balaban J connectivity index is 2.29. The molecule has 0 bridgehead atoms. The molecule has 3 nitrogen and oxygen atoms in total. The predicted octanol–water partition coefficient (Wildman–Crippen LogP) is 2.43. The van der Waals surface area contributed by atoms with Gasteiger partial charge in [-0.25, -0.2) is 4.39 Å². The van der Waals surface area contributed by atoms with Crippen molar-refractivity contribution in [2.45, 2.75) is 26.5 Å². The number of halogens is 1. The first-order valence-electron chi connectivity index (χ1n) is 5.58. The van der Waals surface area contributed by atoms with E-state index in [9.17, 15) is 9.50 Å². The smallest absolute Gasteiger partial charge is 0.126 e. The minimum Gasteiger partial charge on any atom is -0.384 e. The molecule has 0 spiro atoms. The zero-order valence-electron chi connectivity index (χ0n) is 9.89. The molecule has 1 atom stereocenters. The maximum atomic E-state index is 13.1. The quantitative estimate of drug-likeness (QED) is 0.885. The van der Waals surface area contributed by atoms with Crippen molar-refractivity contribution < 1.29 is 9.50 Å². The maximum Gasteiger partial charge on any atom is 0.126 e. The average molecular weight is 234 g/mol. The zero-order chi connectivity index (χ0) is 12.4. The fourth-order valence-corrected chi connectivity index (χ4v) is 1.72. The van der Waals surface area contributed by atoms with Crippen molar-refractivity contribution in [2.24, 2.45) is 0 Å². The Morgan fingerprint density at radius 3 is 2.76 bits per heavy atom. The molecule has 2 aromatic rings. The van der Waals surface area contributed by atoms with E-state index in [1.165, 1.54) is 6.07 Å². The molecule has 1 aromatic carbocycles. The fraction of sp³-hybridized carbons (Fsp3) is 0.308. The van der Waals surface area contributed by atoms with Gasteiger partial charge in [-0.05, 0) is 31.0 Å². The second-order valence-corrected chi connectivity index (χ2v) is 4.04. The first kappa shape index (κ1) is 11.8. The molecular formula is C13H15FN2O. The molecule has 0 aliphatic heterocycles. The lowest BCUT2D eigenvalue weighted by atomic mass is 10.0. The summed E-state index contributed by atoms with van der Waals surface area (Å²) < 4.78 is 14.9. The van der Waals surface area contributed by atoms with Gasteiger partial charge in [0, 0.05) is 18.3 Å². The molecule has 1 N–H and O–H groups in total. The standard InChI is InChI=1S/C13H15FN2O/c1-3-16-8-11(7-15-16)13(17)10-4-5-12(14)9(2)6-10/h4-8,13,17H,3H2,1-2H3. The number of aryl methyl sites for hydroxylation is 2. The molecule has 1 aromatic heterocycles. The van der Waals surface area contributed by atoms with Crippen LogP contribution in [0.4, 0.5) is 4.39 Å². The third-order valence-corrected chi connectivity index (χ3v) is 2.79. The SMILES string of the molecule is CCn1cc(C(O)c2ccc(F)c(C)c2)cn1. The van der Waals surface area contributed by atoms with Crippen molar-refractivity contribution in [3.8, 4) is 0 Å². The Morgan fingerprint density at radius 1 is 1.41 bits per heavy atom. The van der Waals surface area contributed by atoms with Crippen LogP contribution in [-0.2, 0) is 6.54 Å². The van der Waals surface area contributed by atoms with Crippen LogP contribution in [-0.4, -0.2) is 14.9 Å². The summed E-state index contributed by atoms with van der Waals surface area (Å²) in [4.78, 5) is 0. The summed E-state index contributed by atoms with van der Waals surface area (Å²) >= 11 is 0. The number of rotatable bonds is 3. The highest BCUT2D eigenvalue weighted by molar-refractivity contribution is 5.31. The van der Waals surface area contributed by atoms with E-state index in [1.54, 1.807) is 36.1 Å². The molecule has 0 aliphatic rings. The molecule has 0 fully saturated rings. The molecule has 17 heavy (non-hydrogen) atoms. The molecule has 2 rings (SSSR count).